The molecule has 8 nitrogen and oxygen atoms in total. The van der Waals surface area contributed by atoms with Gasteiger partial charge in [0.2, 0.25) is 0 Å². The van der Waals surface area contributed by atoms with Gasteiger partial charge in [0.15, 0.2) is 5.69 Å². The smallest absolute Gasteiger partial charge is 0.355 e. The number of aromatic nitrogens is 3. The zero-order valence-electron chi connectivity index (χ0n) is 9.35. The molecule has 0 aliphatic heterocycles. The summed E-state index contributed by atoms with van der Waals surface area (Å²) in [7, 11) is 0. The summed E-state index contributed by atoms with van der Waals surface area (Å²) >= 11 is 0. The molecule has 0 bridgehead atoms. The molecule has 2 aromatic rings. The van der Waals surface area contributed by atoms with Crippen molar-refractivity contribution in [2.45, 2.75) is 0 Å². The van der Waals surface area contributed by atoms with Crippen LogP contribution in [0.4, 0.5) is 0 Å². The van der Waals surface area contributed by atoms with Crippen molar-refractivity contribution in [3.05, 3.63) is 42.0 Å². The van der Waals surface area contributed by atoms with Gasteiger partial charge in [0.05, 0.1) is 0 Å². The summed E-state index contributed by atoms with van der Waals surface area (Å²) in [5.74, 6) is -3.11. The fraction of sp³-hybridized carbons (Fsp3) is 0. The van der Waals surface area contributed by atoms with Crippen LogP contribution in [0.5, 0.6) is 11.8 Å². The van der Waals surface area contributed by atoms with E-state index in [1.165, 1.54) is 18.5 Å². The van der Waals surface area contributed by atoms with E-state index in [-0.39, 0.29) is 11.8 Å². The number of aromatic carboxylic acids is 2. The van der Waals surface area contributed by atoms with Crippen molar-refractivity contribution in [2.24, 2.45) is 0 Å². The van der Waals surface area contributed by atoms with E-state index < -0.39 is 23.2 Å². The first-order valence-corrected chi connectivity index (χ1v) is 5.00. The van der Waals surface area contributed by atoms with Crippen LogP contribution in [0.25, 0.3) is 0 Å². The summed E-state index contributed by atoms with van der Waals surface area (Å²) in [5, 5.41) is 17.9. The molecule has 0 saturated carbocycles. The van der Waals surface area contributed by atoms with E-state index >= 15 is 0 Å². The molecule has 0 saturated heterocycles. The maximum Gasteiger partial charge on any atom is 0.355 e. The number of rotatable bonds is 4. The van der Waals surface area contributed by atoms with E-state index in [1.807, 2.05) is 0 Å². The Labute approximate surface area is 106 Å². The summed E-state index contributed by atoms with van der Waals surface area (Å²) in [5.41, 5.74) is -1.16. The van der Waals surface area contributed by atoms with Crippen molar-refractivity contribution in [2.75, 3.05) is 0 Å². The van der Waals surface area contributed by atoms with Gasteiger partial charge < -0.3 is 14.9 Å². The van der Waals surface area contributed by atoms with Crippen LogP contribution in [0.3, 0.4) is 0 Å². The Hall–Kier alpha value is -3.03. The number of carbonyl (C=O) groups is 2. The number of carboxylic acid groups (broad SMARTS) is 2. The average Bonchev–Trinajstić information content (AvgIpc) is 2.39. The Morgan fingerprint density at radius 3 is 2.26 bits per heavy atom. The molecule has 0 amide bonds. The van der Waals surface area contributed by atoms with Crippen LogP contribution in [0.1, 0.15) is 20.8 Å². The first-order chi connectivity index (χ1) is 9.09. The van der Waals surface area contributed by atoms with Gasteiger partial charge in [-0.3, -0.25) is 0 Å². The van der Waals surface area contributed by atoms with Gasteiger partial charge in [-0.15, -0.1) is 0 Å². The van der Waals surface area contributed by atoms with Crippen LogP contribution in [0, 0.1) is 0 Å². The van der Waals surface area contributed by atoms with Crippen molar-refractivity contribution in [1.29, 1.82) is 0 Å². The highest BCUT2D eigenvalue weighted by Crippen LogP contribution is 2.24. The molecule has 96 valence electrons. The first-order valence-electron chi connectivity index (χ1n) is 5.00. The monoisotopic (exact) mass is 261 g/mol. The predicted octanol–water partition coefficient (Wildman–Crippen LogP) is 1.06. The van der Waals surface area contributed by atoms with Crippen molar-refractivity contribution >= 4 is 11.9 Å². The number of ether oxygens (including phenoxy) is 1. The zero-order valence-corrected chi connectivity index (χ0v) is 9.35. The van der Waals surface area contributed by atoms with Crippen LogP contribution in [0.2, 0.25) is 0 Å². The Kier molecular flexibility index (Phi) is 3.33. The fourth-order valence-electron chi connectivity index (χ4n) is 1.33. The lowest BCUT2D eigenvalue weighted by molar-refractivity contribution is 0.0643. The minimum absolute atomic E-state index is 0.0902. The molecule has 0 aliphatic carbocycles. The van der Waals surface area contributed by atoms with Gasteiger partial charge in [0.1, 0.15) is 11.3 Å². The molecule has 2 rings (SSSR count). The standard InChI is InChI=1S/C11H7N3O5/c15-9(16)7-6(2-5-12-8(7)10(17)18)19-11-13-3-1-4-14-11/h1-5H,(H,15,16)(H,17,18). The molecule has 2 N–H and O–H groups in total. The van der Waals surface area contributed by atoms with E-state index in [0.717, 1.165) is 6.20 Å². The highest BCUT2D eigenvalue weighted by Gasteiger charge is 2.23. The van der Waals surface area contributed by atoms with Crippen LogP contribution in [-0.4, -0.2) is 37.1 Å². The summed E-state index contributed by atoms with van der Waals surface area (Å²) in [4.78, 5) is 33.0. The number of pyridine rings is 1. The highest BCUT2D eigenvalue weighted by atomic mass is 16.5. The normalized spacial score (nSPS) is 9.89. The number of carboxylic acids is 2. The van der Waals surface area contributed by atoms with E-state index in [9.17, 15) is 9.59 Å². The quantitative estimate of drug-likeness (QED) is 0.837. The minimum atomic E-state index is -1.46. The number of nitrogens with zero attached hydrogens (tertiary/aromatic N) is 3. The van der Waals surface area contributed by atoms with Crippen LogP contribution in [-0.2, 0) is 0 Å². The SMILES string of the molecule is O=C(O)c1nccc(Oc2ncccn2)c1C(=O)O. The molecule has 0 aromatic carbocycles. The third-order valence-electron chi connectivity index (χ3n) is 2.07. The Balaban J connectivity index is 2.48. The highest BCUT2D eigenvalue weighted by molar-refractivity contribution is 6.02. The molecular weight excluding hydrogens is 254 g/mol. The summed E-state index contributed by atoms with van der Waals surface area (Å²) in [6, 6.07) is 2.69. The maximum absolute atomic E-state index is 11.1. The lowest BCUT2D eigenvalue weighted by atomic mass is 10.2. The van der Waals surface area contributed by atoms with Crippen molar-refractivity contribution in [3.8, 4) is 11.8 Å². The second-order valence-electron chi connectivity index (χ2n) is 3.28. The maximum atomic E-state index is 11.1. The number of hydrogen-bond donors (Lipinski definition) is 2. The minimum Gasteiger partial charge on any atom is -0.477 e. The van der Waals surface area contributed by atoms with Gasteiger partial charge in [-0.2, -0.15) is 0 Å². The van der Waals surface area contributed by atoms with E-state index in [2.05, 4.69) is 15.0 Å². The molecule has 2 aromatic heterocycles. The van der Waals surface area contributed by atoms with Gasteiger partial charge in [-0.1, -0.05) is 0 Å². The second kappa shape index (κ2) is 5.08. The van der Waals surface area contributed by atoms with Gasteiger partial charge in [0.25, 0.3) is 0 Å². The topological polar surface area (TPSA) is 123 Å². The second-order valence-corrected chi connectivity index (χ2v) is 3.28. The molecule has 0 spiro atoms. The van der Waals surface area contributed by atoms with E-state index in [1.54, 1.807) is 6.07 Å². The first kappa shape index (κ1) is 12.4. The van der Waals surface area contributed by atoms with E-state index in [4.69, 9.17) is 14.9 Å². The zero-order chi connectivity index (χ0) is 13.8. The molecule has 0 aliphatic rings. The number of hydrogen-bond acceptors (Lipinski definition) is 6. The average molecular weight is 261 g/mol. The van der Waals surface area contributed by atoms with E-state index in [0.29, 0.717) is 0 Å². The van der Waals surface area contributed by atoms with Crippen LogP contribution < -0.4 is 4.74 Å². The van der Waals surface area contributed by atoms with Gasteiger partial charge >= 0.3 is 17.9 Å². The van der Waals surface area contributed by atoms with Crippen molar-refractivity contribution in [3.63, 3.8) is 0 Å². The lowest BCUT2D eigenvalue weighted by Gasteiger charge is -2.08. The molecule has 2 heterocycles. The lowest BCUT2D eigenvalue weighted by Crippen LogP contribution is -2.12. The van der Waals surface area contributed by atoms with Gasteiger partial charge in [-0.05, 0) is 6.07 Å². The third-order valence-corrected chi connectivity index (χ3v) is 2.07. The van der Waals surface area contributed by atoms with Crippen molar-refractivity contribution < 1.29 is 24.5 Å². The third kappa shape index (κ3) is 2.63. The molecule has 0 fully saturated rings. The van der Waals surface area contributed by atoms with Crippen LogP contribution >= 0.6 is 0 Å². The molecule has 19 heavy (non-hydrogen) atoms. The summed E-state index contributed by atoms with van der Waals surface area (Å²) < 4.78 is 5.16. The van der Waals surface area contributed by atoms with Gasteiger partial charge in [-0.25, -0.2) is 24.5 Å². The van der Waals surface area contributed by atoms with Crippen molar-refractivity contribution in [1.82, 2.24) is 15.0 Å². The molecular formula is C11H7N3O5. The fourth-order valence-corrected chi connectivity index (χ4v) is 1.33. The molecule has 0 radical (unpaired) electrons. The summed E-state index contributed by atoms with van der Waals surface area (Å²) in [6.07, 6.45) is 3.94. The largest absolute Gasteiger partial charge is 0.477 e. The van der Waals surface area contributed by atoms with Crippen LogP contribution in [0.15, 0.2) is 30.7 Å². The molecule has 0 unspecified atom stereocenters. The summed E-state index contributed by atoms with van der Waals surface area (Å²) in [6.45, 7) is 0. The Bertz CT molecular complexity index is 629. The molecule has 8 heteroatoms. The Morgan fingerprint density at radius 2 is 1.68 bits per heavy atom. The Morgan fingerprint density at radius 1 is 1.00 bits per heavy atom. The van der Waals surface area contributed by atoms with Gasteiger partial charge in [0, 0.05) is 24.7 Å². The molecule has 0 atom stereocenters. The predicted molar refractivity (Wildman–Crippen MR) is 60.3 cm³/mol.